The van der Waals surface area contributed by atoms with Gasteiger partial charge in [0.2, 0.25) is 0 Å². The molecule has 12 heavy (non-hydrogen) atoms. The van der Waals surface area contributed by atoms with E-state index in [-0.39, 0.29) is 5.54 Å². The Morgan fingerprint density at radius 3 is 2.75 bits per heavy atom. The van der Waals surface area contributed by atoms with Crippen molar-refractivity contribution in [3.05, 3.63) is 16.6 Å². The topological polar surface area (TPSA) is 24.9 Å². The zero-order valence-electron chi connectivity index (χ0n) is 7.92. The van der Waals surface area contributed by atoms with E-state index in [1.807, 2.05) is 11.7 Å². The average molecular weight is 184 g/mol. The van der Waals surface area contributed by atoms with E-state index >= 15 is 0 Å². The number of aromatic nitrogens is 1. The molecule has 0 fully saturated rings. The minimum absolute atomic E-state index is 0.227. The number of hydrogen-bond acceptors (Lipinski definition) is 3. The van der Waals surface area contributed by atoms with Crippen molar-refractivity contribution in [2.75, 3.05) is 6.54 Å². The van der Waals surface area contributed by atoms with Crippen LogP contribution in [0.3, 0.4) is 0 Å². The molecule has 0 bridgehead atoms. The highest BCUT2D eigenvalue weighted by Gasteiger charge is 2.07. The number of rotatable bonds is 3. The molecular formula is C9H16N2S. The smallest absolute Gasteiger partial charge is 0.0794 e. The van der Waals surface area contributed by atoms with E-state index in [0.717, 1.165) is 13.0 Å². The Hall–Kier alpha value is -0.410. The van der Waals surface area contributed by atoms with Gasteiger partial charge in [0.25, 0.3) is 0 Å². The second kappa shape index (κ2) is 4.01. The average Bonchev–Trinajstić information content (AvgIpc) is 2.36. The summed E-state index contributed by atoms with van der Waals surface area (Å²) in [6.07, 6.45) is 3.02. The molecule has 0 aliphatic carbocycles. The normalized spacial score (nSPS) is 11.9. The monoisotopic (exact) mass is 184 g/mol. The molecule has 0 unspecified atom stereocenters. The highest BCUT2D eigenvalue weighted by molar-refractivity contribution is 7.09. The third kappa shape index (κ3) is 3.83. The lowest BCUT2D eigenvalue weighted by Gasteiger charge is -2.19. The van der Waals surface area contributed by atoms with Crippen LogP contribution in [-0.4, -0.2) is 17.1 Å². The van der Waals surface area contributed by atoms with E-state index in [1.54, 1.807) is 11.3 Å². The van der Waals surface area contributed by atoms with Gasteiger partial charge in [-0.3, -0.25) is 4.98 Å². The van der Waals surface area contributed by atoms with E-state index in [9.17, 15) is 0 Å². The first kappa shape index (κ1) is 9.68. The lowest BCUT2D eigenvalue weighted by molar-refractivity contribution is 0.430. The van der Waals surface area contributed by atoms with Gasteiger partial charge in [0.05, 0.1) is 5.51 Å². The molecule has 1 aromatic rings. The molecule has 0 aromatic carbocycles. The fourth-order valence-corrected chi connectivity index (χ4v) is 1.53. The summed E-state index contributed by atoms with van der Waals surface area (Å²) >= 11 is 1.72. The molecule has 0 spiro atoms. The van der Waals surface area contributed by atoms with E-state index in [4.69, 9.17) is 0 Å². The van der Waals surface area contributed by atoms with Crippen LogP contribution in [0.4, 0.5) is 0 Å². The number of hydrogen-bond donors (Lipinski definition) is 1. The van der Waals surface area contributed by atoms with Crippen molar-refractivity contribution in [1.82, 2.24) is 10.3 Å². The van der Waals surface area contributed by atoms with Crippen LogP contribution < -0.4 is 5.32 Å². The molecule has 0 atom stereocenters. The van der Waals surface area contributed by atoms with Crippen LogP contribution in [0.2, 0.25) is 0 Å². The first-order valence-electron chi connectivity index (χ1n) is 4.20. The van der Waals surface area contributed by atoms with E-state index < -0.39 is 0 Å². The maximum atomic E-state index is 4.03. The number of thiazole rings is 1. The maximum Gasteiger partial charge on any atom is 0.0794 e. The Balaban J connectivity index is 2.20. The van der Waals surface area contributed by atoms with Gasteiger partial charge < -0.3 is 5.32 Å². The van der Waals surface area contributed by atoms with Crippen molar-refractivity contribution in [2.24, 2.45) is 0 Å². The molecule has 1 N–H and O–H groups in total. The molecule has 1 rings (SSSR count). The van der Waals surface area contributed by atoms with Crippen LogP contribution in [0.25, 0.3) is 0 Å². The molecule has 3 heteroatoms. The second-order valence-corrected chi connectivity index (χ2v) is 4.87. The zero-order chi connectivity index (χ0) is 9.03. The first-order valence-corrected chi connectivity index (χ1v) is 5.08. The largest absolute Gasteiger partial charge is 0.312 e. The van der Waals surface area contributed by atoms with Gasteiger partial charge in [0.15, 0.2) is 0 Å². The summed E-state index contributed by atoms with van der Waals surface area (Å²) in [5, 5.41) is 3.44. The fourth-order valence-electron chi connectivity index (χ4n) is 0.926. The first-order chi connectivity index (χ1) is 5.58. The summed E-state index contributed by atoms with van der Waals surface area (Å²) in [5.74, 6) is 0. The molecule has 0 radical (unpaired) electrons. The predicted molar refractivity (Wildman–Crippen MR) is 53.6 cm³/mol. The van der Waals surface area contributed by atoms with Gasteiger partial charge in [0.1, 0.15) is 0 Å². The Labute approximate surface area is 78.0 Å². The van der Waals surface area contributed by atoms with Crippen molar-refractivity contribution in [3.8, 4) is 0 Å². The summed E-state index contributed by atoms with van der Waals surface area (Å²) in [6, 6.07) is 0. The molecule has 0 saturated carbocycles. The van der Waals surface area contributed by atoms with Crippen LogP contribution in [-0.2, 0) is 6.42 Å². The van der Waals surface area contributed by atoms with Gasteiger partial charge in [-0.05, 0) is 27.2 Å². The Kier molecular flexibility index (Phi) is 3.23. The van der Waals surface area contributed by atoms with Crippen LogP contribution in [0.1, 0.15) is 25.6 Å². The maximum absolute atomic E-state index is 4.03. The van der Waals surface area contributed by atoms with Gasteiger partial charge in [-0.1, -0.05) is 0 Å². The van der Waals surface area contributed by atoms with E-state index in [0.29, 0.717) is 0 Å². The van der Waals surface area contributed by atoms with Gasteiger partial charge >= 0.3 is 0 Å². The summed E-state index contributed by atoms with van der Waals surface area (Å²) in [6.45, 7) is 7.57. The van der Waals surface area contributed by atoms with Crippen LogP contribution >= 0.6 is 11.3 Å². The molecule has 0 saturated heterocycles. The van der Waals surface area contributed by atoms with Crippen molar-refractivity contribution in [1.29, 1.82) is 0 Å². The SMILES string of the molecule is CC(C)(C)NCCc1cncs1. The Morgan fingerprint density at radius 2 is 2.25 bits per heavy atom. The van der Waals surface area contributed by atoms with Crippen molar-refractivity contribution < 1.29 is 0 Å². The van der Waals surface area contributed by atoms with Crippen molar-refractivity contribution >= 4 is 11.3 Å². The van der Waals surface area contributed by atoms with Gasteiger partial charge in [0, 0.05) is 23.2 Å². The molecule has 2 nitrogen and oxygen atoms in total. The summed E-state index contributed by atoms with van der Waals surface area (Å²) in [7, 11) is 0. The van der Waals surface area contributed by atoms with Gasteiger partial charge in [-0.15, -0.1) is 11.3 Å². The molecule has 0 aliphatic heterocycles. The van der Waals surface area contributed by atoms with Gasteiger partial charge in [-0.25, -0.2) is 0 Å². The lowest BCUT2D eigenvalue weighted by atomic mass is 10.1. The lowest BCUT2D eigenvalue weighted by Crippen LogP contribution is -2.36. The molecule has 68 valence electrons. The fraction of sp³-hybridized carbons (Fsp3) is 0.667. The molecule has 1 aromatic heterocycles. The predicted octanol–water partition coefficient (Wildman–Crippen LogP) is 2.07. The summed E-state index contributed by atoms with van der Waals surface area (Å²) in [5.41, 5.74) is 2.11. The zero-order valence-corrected chi connectivity index (χ0v) is 8.74. The molecule has 1 heterocycles. The highest BCUT2D eigenvalue weighted by Crippen LogP contribution is 2.06. The van der Waals surface area contributed by atoms with Crippen molar-refractivity contribution in [3.63, 3.8) is 0 Å². The van der Waals surface area contributed by atoms with Gasteiger partial charge in [-0.2, -0.15) is 0 Å². The van der Waals surface area contributed by atoms with Crippen LogP contribution in [0.15, 0.2) is 11.7 Å². The molecule has 0 amide bonds. The third-order valence-corrected chi connectivity index (χ3v) is 2.35. The number of nitrogens with zero attached hydrogens (tertiary/aromatic N) is 1. The van der Waals surface area contributed by atoms with E-state index in [1.165, 1.54) is 4.88 Å². The van der Waals surface area contributed by atoms with Crippen LogP contribution in [0.5, 0.6) is 0 Å². The standard InChI is InChI=1S/C9H16N2S/c1-9(2,3)11-5-4-8-6-10-7-12-8/h6-7,11H,4-5H2,1-3H3. The summed E-state index contributed by atoms with van der Waals surface area (Å²) in [4.78, 5) is 5.38. The minimum atomic E-state index is 0.227. The Morgan fingerprint density at radius 1 is 1.50 bits per heavy atom. The van der Waals surface area contributed by atoms with E-state index in [2.05, 4.69) is 31.1 Å². The second-order valence-electron chi connectivity index (χ2n) is 3.89. The quantitative estimate of drug-likeness (QED) is 0.778. The third-order valence-electron chi connectivity index (χ3n) is 1.51. The highest BCUT2D eigenvalue weighted by atomic mass is 32.1. The Bertz CT molecular complexity index is 211. The minimum Gasteiger partial charge on any atom is -0.312 e. The number of nitrogens with one attached hydrogen (secondary N) is 1. The molecular weight excluding hydrogens is 168 g/mol. The summed E-state index contributed by atoms with van der Waals surface area (Å²) < 4.78 is 0. The van der Waals surface area contributed by atoms with Crippen LogP contribution in [0, 0.1) is 0 Å². The van der Waals surface area contributed by atoms with Crippen molar-refractivity contribution in [2.45, 2.75) is 32.7 Å². The molecule has 0 aliphatic rings.